The predicted molar refractivity (Wildman–Crippen MR) is 109 cm³/mol. The van der Waals surface area contributed by atoms with Gasteiger partial charge in [-0.15, -0.1) is 0 Å². The van der Waals surface area contributed by atoms with Crippen LogP contribution in [0.4, 0.5) is 5.69 Å². The first kappa shape index (κ1) is 18.7. The second-order valence-electron chi connectivity index (χ2n) is 6.02. The van der Waals surface area contributed by atoms with Crippen molar-refractivity contribution >= 4 is 40.6 Å². The number of amides is 1. The van der Waals surface area contributed by atoms with Crippen molar-refractivity contribution in [1.82, 2.24) is 4.90 Å². The van der Waals surface area contributed by atoms with Gasteiger partial charge >= 0.3 is 5.97 Å². The van der Waals surface area contributed by atoms with Gasteiger partial charge < -0.3 is 5.11 Å². The van der Waals surface area contributed by atoms with Crippen molar-refractivity contribution in [1.29, 1.82) is 0 Å². The third-order valence-electron chi connectivity index (χ3n) is 3.87. The van der Waals surface area contributed by atoms with Crippen LogP contribution in [0, 0.1) is 0 Å². The maximum absolute atomic E-state index is 12.5. The van der Waals surface area contributed by atoms with Gasteiger partial charge in [0.25, 0.3) is 5.91 Å². The van der Waals surface area contributed by atoms with Crippen molar-refractivity contribution in [3.05, 3.63) is 82.3 Å². The van der Waals surface area contributed by atoms with Gasteiger partial charge in [-0.3, -0.25) is 9.69 Å². The number of carbonyl (C=O) groups is 2. The summed E-state index contributed by atoms with van der Waals surface area (Å²) in [5.41, 5.74) is 2.68. The molecule has 2 aromatic rings. The van der Waals surface area contributed by atoms with E-state index in [1.807, 2.05) is 49.4 Å². The Kier molecular flexibility index (Phi) is 5.57. The number of hydrogen-bond donors (Lipinski definition) is 1. The van der Waals surface area contributed by atoms with Gasteiger partial charge in [0.1, 0.15) is 0 Å². The molecular formula is C21H18N2O3S. The Hall–Kier alpha value is -3.12. The normalized spacial score (nSPS) is 17.8. The molecule has 1 amide bonds. The summed E-state index contributed by atoms with van der Waals surface area (Å²) in [7, 11) is 1.66. The lowest BCUT2D eigenvalue weighted by molar-refractivity contribution is -0.121. The molecule has 1 saturated heterocycles. The minimum Gasteiger partial charge on any atom is -0.478 e. The quantitative estimate of drug-likeness (QED) is 0.792. The van der Waals surface area contributed by atoms with E-state index in [-0.39, 0.29) is 11.5 Å². The molecule has 0 saturated carbocycles. The van der Waals surface area contributed by atoms with Gasteiger partial charge in [0.15, 0.2) is 5.17 Å². The second-order valence-corrected chi connectivity index (χ2v) is 7.03. The monoisotopic (exact) mass is 378 g/mol. The predicted octanol–water partition coefficient (Wildman–Crippen LogP) is 4.56. The Balaban J connectivity index is 1.85. The molecule has 0 aromatic heterocycles. The molecule has 0 aliphatic carbocycles. The fourth-order valence-electron chi connectivity index (χ4n) is 2.53. The summed E-state index contributed by atoms with van der Waals surface area (Å²) in [5.74, 6) is -1.14. The van der Waals surface area contributed by atoms with Gasteiger partial charge in [0.2, 0.25) is 0 Å². The number of aliphatic imine (C=N–C) groups is 1. The zero-order valence-electron chi connectivity index (χ0n) is 14.9. The molecule has 0 unspecified atom stereocenters. The van der Waals surface area contributed by atoms with Crippen molar-refractivity contribution in [3.8, 4) is 0 Å². The molecule has 1 aliphatic rings. The lowest BCUT2D eigenvalue weighted by atomic mass is 10.1. The van der Waals surface area contributed by atoms with Gasteiger partial charge in [0, 0.05) is 7.05 Å². The first-order valence-electron chi connectivity index (χ1n) is 8.27. The first-order chi connectivity index (χ1) is 12.9. The van der Waals surface area contributed by atoms with E-state index >= 15 is 0 Å². The molecule has 136 valence electrons. The van der Waals surface area contributed by atoms with Crippen LogP contribution in [0.3, 0.4) is 0 Å². The number of thioether (sulfide) groups is 1. The molecule has 0 atom stereocenters. The summed E-state index contributed by atoms with van der Waals surface area (Å²) in [5, 5.41) is 9.61. The molecule has 1 heterocycles. The van der Waals surface area contributed by atoms with Gasteiger partial charge in [-0.25, -0.2) is 9.79 Å². The number of rotatable bonds is 4. The number of amidine groups is 1. The van der Waals surface area contributed by atoms with Crippen molar-refractivity contribution in [2.24, 2.45) is 4.99 Å². The minimum absolute atomic E-state index is 0.131. The Morgan fingerprint density at radius 3 is 2.59 bits per heavy atom. The maximum atomic E-state index is 12.5. The molecule has 2 aromatic carbocycles. The second kappa shape index (κ2) is 8.05. The molecule has 0 radical (unpaired) electrons. The highest BCUT2D eigenvalue weighted by molar-refractivity contribution is 8.18. The maximum Gasteiger partial charge on any atom is 0.335 e. The van der Waals surface area contributed by atoms with Gasteiger partial charge in [-0.2, -0.15) is 0 Å². The number of aromatic carboxylic acids is 1. The number of allylic oxidation sites excluding steroid dienone is 2. The Labute approximate surface area is 161 Å². The molecule has 27 heavy (non-hydrogen) atoms. The molecular weight excluding hydrogens is 360 g/mol. The summed E-state index contributed by atoms with van der Waals surface area (Å²) < 4.78 is 0. The number of hydrogen-bond acceptors (Lipinski definition) is 4. The Morgan fingerprint density at radius 1 is 1.15 bits per heavy atom. The molecule has 1 N–H and O–H groups in total. The van der Waals surface area contributed by atoms with E-state index in [1.165, 1.54) is 28.8 Å². The standard InChI is InChI=1S/C21H18N2O3S/c1-14(11-15-7-4-3-5-8-15)12-18-19(24)23(2)21(27-18)22-17-10-6-9-16(13-17)20(25)26/h3-13H,1-2H3,(H,25,26)/b14-11+,18-12-,22-21?. The molecule has 0 bridgehead atoms. The molecule has 6 heteroatoms. The lowest BCUT2D eigenvalue weighted by Gasteiger charge is -2.07. The Morgan fingerprint density at radius 2 is 1.89 bits per heavy atom. The van der Waals surface area contributed by atoms with E-state index in [4.69, 9.17) is 5.11 Å². The van der Waals surface area contributed by atoms with Gasteiger partial charge in [0.05, 0.1) is 16.2 Å². The first-order valence-corrected chi connectivity index (χ1v) is 9.08. The van der Waals surface area contributed by atoms with Gasteiger partial charge in [-0.1, -0.05) is 42.5 Å². The SMILES string of the molecule is CC(/C=C1\SC(=Nc2cccc(C(=O)O)c2)N(C)C1=O)=C\c1ccccc1. The van der Waals surface area contributed by atoms with E-state index in [0.29, 0.717) is 15.8 Å². The van der Waals surface area contributed by atoms with Crippen LogP contribution in [-0.4, -0.2) is 34.1 Å². The largest absolute Gasteiger partial charge is 0.478 e. The fourth-order valence-corrected chi connectivity index (χ4v) is 3.57. The average Bonchev–Trinajstić information content (AvgIpc) is 2.90. The summed E-state index contributed by atoms with van der Waals surface area (Å²) in [6.07, 6.45) is 3.85. The van der Waals surface area contributed by atoms with Crippen LogP contribution in [0.25, 0.3) is 6.08 Å². The van der Waals surface area contributed by atoms with Crippen LogP contribution >= 0.6 is 11.8 Å². The van der Waals surface area contributed by atoms with Crippen molar-refractivity contribution in [3.63, 3.8) is 0 Å². The van der Waals surface area contributed by atoms with Crippen LogP contribution in [0.5, 0.6) is 0 Å². The zero-order chi connectivity index (χ0) is 19.4. The number of carbonyl (C=O) groups excluding carboxylic acids is 1. The van der Waals surface area contributed by atoms with Crippen molar-refractivity contribution in [2.45, 2.75) is 6.92 Å². The van der Waals surface area contributed by atoms with Crippen LogP contribution in [0.1, 0.15) is 22.8 Å². The molecule has 0 spiro atoms. The smallest absolute Gasteiger partial charge is 0.335 e. The average molecular weight is 378 g/mol. The molecule has 1 aliphatic heterocycles. The molecule has 1 fully saturated rings. The minimum atomic E-state index is -1.01. The number of carboxylic acids is 1. The van der Waals surface area contributed by atoms with E-state index in [2.05, 4.69) is 4.99 Å². The topological polar surface area (TPSA) is 70.0 Å². The van der Waals surface area contributed by atoms with E-state index in [1.54, 1.807) is 19.2 Å². The number of benzene rings is 2. The number of likely N-dealkylation sites (N-methyl/N-ethyl adjacent to an activating group) is 1. The van der Waals surface area contributed by atoms with Crippen LogP contribution in [0.15, 0.2) is 76.1 Å². The third-order valence-corrected chi connectivity index (χ3v) is 4.93. The zero-order valence-corrected chi connectivity index (χ0v) is 15.7. The molecule has 3 rings (SSSR count). The Bertz CT molecular complexity index is 978. The van der Waals surface area contributed by atoms with Crippen LogP contribution in [-0.2, 0) is 4.79 Å². The lowest BCUT2D eigenvalue weighted by Crippen LogP contribution is -2.23. The van der Waals surface area contributed by atoms with Crippen molar-refractivity contribution < 1.29 is 14.7 Å². The molecule has 5 nitrogen and oxygen atoms in total. The number of carboxylic acid groups (broad SMARTS) is 1. The summed E-state index contributed by atoms with van der Waals surface area (Å²) in [6.45, 7) is 1.94. The van der Waals surface area contributed by atoms with E-state index < -0.39 is 5.97 Å². The highest BCUT2D eigenvalue weighted by atomic mass is 32.2. The summed E-state index contributed by atoms with van der Waals surface area (Å²) in [4.78, 5) is 30.1. The fraction of sp³-hybridized carbons (Fsp3) is 0.0952. The van der Waals surface area contributed by atoms with Gasteiger partial charge in [-0.05, 0) is 54.1 Å². The third kappa shape index (κ3) is 4.54. The highest BCUT2D eigenvalue weighted by Gasteiger charge is 2.30. The number of nitrogens with zero attached hydrogens (tertiary/aromatic N) is 2. The summed E-state index contributed by atoms with van der Waals surface area (Å²) in [6, 6.07) is 16.2. The van der Waals surface area contributed by atoms with Crippen LogP contribution in [0.2, 0.25) is 0 Å². The highest BCUT2D eigenvalue weighted by Crippen LogP contribution is 2.32. The van der Waals surface area contributed by atoms with E-state index in [0.717, 1.165) is 11.1 Å². The van der Waals surface area contributed by atoms with Crippen LogP contribution < -0.4 is 0 Å². The van der Waals surface area contributed by atoms with Crippen molar-refractivity contribution in [2.75, 3.05) is 7.05 Å². The summed E-state index contributed by atoms with van der Waals surface area (Å²) >= 11 is 1.27. The van der Waals surface area contributed by atoms with E-state index in [9.17, 15) is 9.59 Å².